The van der Waals surface area contributed by atoms with Gasteiger partial charge >= 0.3 is 0 Å². The summed E-state index contributed by atoms with van der Waals surface area (Å²) >= 11 is 0. The Morgan fingerprint density at radius 1 is 1.09 bits per heavy atom. The smallest absolute Gasteiger partial charge is 0.152 e. The van der Waals surface area contributed by atoms with Crippen molar-refractivity contribution in [1.82, 2.24) is 4.98 Å². The molecule has 0 saturated heterocycles. The molecule has 3 nitrogen and oxygen atoms in total. The van der Waals surface area contributed by atoms with Crippen molar-refractivity contribution in [3.63, 3.8) is 0 Å². The minimum atomic E-state index is -0.834. The summed E-state index contributed by atoms with van der Waals surface area (Å²) < 4.78 is 45.9. The second-order valence-electron chi connectivity index (χ2n) is 4.69. The predicted molar refractivity (Wildman–Crippen MR) is 75.5 cm³/mol. The number of carbonyl (C=O) groups is 1. The van der Waals surface area contributed by atoms with Crippen LogP contribution < -0.4 is 4.74 Å². The van der Waals surface area contributed by atoms with E-state index in [4.69, 9.17) is 4.74 Å². The molecule has 0 aliphatic heterocycles. The molecule has 22 heavy (non-hydrogen) atoms. The van der Waals surface area contributed by atoms with Crippen molar-refractivity contribution < 1.29 is 22.7 Å². The highest BCUT2D eigenvalue weighted by atomic mass is 19.1. The van der Waals surface area contributed by atoms with Gasteiger partial charge in [0.15, 0.2) is 6.29 Å². The van der Waals surface area contributed by atoms with Gasteiger partial charge in [0.25, 0.3) is 0 Å². The number of ether oxygens (including phenoxy) is 1. The van der Waals surface area contributed by atoms with Gasteiger partial charge in [-0.2, -0.15) is 0 Å². The molecule has 0 amide bonds. The largest absolute Gasteiger partial charge is 0.496 e. The molecule has 0 unspecified atom stereocenters. The first-order valence-corrected chi connectivity index (χ1v) is 6.35. The van der Waals surface area contributed by atoms with Crippen LogP contribution in [0.25, 0.3) is 22.2 Å². The van der Waals surface area contributed by atoms with Crippen LogP contribution >= 0.6 is 0 Å². The van der Waals surface area contributed by atoms with E-state index >= 15 is 0 Å². The van der Waals surface area contributed by atoms with E-state index in [-0.39, 0.29) is 27.7 Å². The van der Waals surface area contributed by atoms with Crippen LogP contribution in [0.5, 0.6) is 5.75 Å². The number of hydrogen-bond donors (Lipinski definition) is 1. The van der Waals surface area contributed by atoms with Crippen molar-refractivity contribution in [2.75, 3.05) is 7.11 Å². The maximum Gasteiger partial charge on any atom is 0.152 e. The third-order valence-corrected chi connectivity index (χ3v) is 3.41. The lowest BCUT2D eigenvalue weighted by Gasteiger charge is -2.07. The molecule has 2 aromatic carbocycles. The molecule has 112 valence electrons. The van der Waals surface area contributed by atoms with E-state index in [0.29, 0.717) is 18.1 Å². The number of hydrogen-bond acceptors (Lipinski definition) is 2. The van der Waals surface area contributed by atoms with E-state index in [1.807, 2.05) is 0 Å². The summed E-state index contributed by atoms with van der Waals surface area (Å²) in [5, 5.41) is 0.0915. The van der Waals surface area contributed by atoms with Crippen molar-refractivity contribution >= 4 is 17.2 Å². The zero-order chi connectivity index (χ0) is 15.9. The minimum absolute atomic E-state index is 0.0233. The monoisotopic (exact) mass is 305 g/mol. The van der Waals surface area contributed by atoms with Crippen LogP contribution in [0.15, 0.2) is 30.3 Å². The van der Waals surface area contributed by atoms with Gasteiger partial charge in [0.05, 0.1) is 18.3 Å². The number of aromatic nitrogens is 1. The fourth-order valence-electron chi connectivity index (χ4n) is 2.45. The van der Waals surface area contributed by atoms with Crippen molar-refractivity contribution in [2.45, 2.75) is 0 Å². The lowest BCUT2D eigenvalue weighted by Crippen LogP contribution is -1.92. The third-order valence-electron chi connectivity index (χ3n) is 3.41. The molecule has 0 saturated carbocycles. The maximum absolute atomic E-state index is 13.9. The second kappa shape index (κ2) is 5.22. The second-order valence-corrected chi connectivity index (χ2v) is 4.69. The Balaban J connectivity index is 2.39. The van der Waals surface area contributed by atoms with Gasteiger partial charge in [0.2, 0.25) is 0 Å². The highest BCUT2D eigenvalue weighted by Gasteiger charge is 2.19. The Bertz CT molecular complexity index is 887. The van der Waals surface area contributed by atoms with Gasteiger partial charge in [-0.25, -0.2) is 13.2 Å². The molecule has 0 fully saturated rings. The molecular formula is C16H10F3NO2. The summed E-state index contributed by atoms with van der Waals surface area (Å²) in [6.07, 6.45) is 0.470. The number of fused-ring (bicyclic) bond motifs is 1. The molecule has 1 heterocycles. The lowest BCUT2D eigenvalue weighted by molar-refractivity contribution is 0.112. The number of H-pyrrole nitrogens is 1. The average molecular weight is 305 g/mol. The van der Waals surface area contributed by atoms with Gasteiger partial charge in [-0.15, -0.1) is 0 Å². The molecule has 0 aliphatic carbocycles. The molecule has 0 spiro atoms. The Labute approximate surface area is 123 Å². The summed E-state index contributed by atoms with van der Waals surface area (Å²) in [5.41, 5.74) is 0.438. The van der Waals surface area contributed by atoms with Crippen LogP contribution in [-0.2, 0) is 0 Å². The maximum atomic E-state index is 13.9. The average Bonchev–Trinajstić information content (AvgIpc) is 2.85. The van der Waals surface area contributed by atoms with Crippen LogP contribution in [0, 0.1) is 17.5 Å². The van der Waals surface area contributed by atoms with Crippen molar-refractivity contribution in [1.29, 1.82) is 0 Å². The van der Waals surface area contributed by atoms with Gasteiger partial charge in [-0.05, 0) is 24.3 Å². The van der Waals surface area contributed by atoms with Crippen LogP contribution in [0.3, 0.4) is 0 Å². The van der Waals surface area contributed by atoms with Gasteiger partial charge < -0.3 is 9.72 Å². The fraction of sp³-hybridized carbons (Fsp3) is 0.0625. The summed E-state index contributed by atoms with van der Waals surface area (Å²) in [5.74, 6) is -1.88. The Morgan fingerprint density at radius 3 is 2.55 bits per heavy atom. The summed E-state index contributed by atoms with van der Waals surface area (Å²) in [4.78, 5) is 14.1. The molecule has 0 aliphatic rings. The van der Waals surface area contributed by atoms with Crippen LogP contribution in [-0.4, -0.2) is 18.4 Å². The number of aromatic amines is 1. The minimum Gasteiger partial charge on any atom is -0.496 e. The van der Waals surface area contributed by atoms with E-state index in [9.17, 15) is 18.0 Å². The van der Waals surface area contributed by atoms with Gasteiger partial charge in [0.1, 0.15) is 23.2 Å². The molecule has 1 aromatic heterocycles. The SMILES string of the molecule is COc1ccc(F)cc1-c1[nH]c2c(F)cc(F)cc2c1C=O. The normalized spacial score (nSPS) is 10.9. The van der Waals surface area contributed by atoms with E-state index in [0.717, 1.165) is 12.1 Å². The van der Waals surface area contributed by atoms with Gasteiger partial charge in [-0.3, -0.25) is 4.79 Å². The van der Waals surface area contributed by atoms with Gasteiger partial charge in [-0.1, -0.05) is 0 Å². The quantitative estimate of drug-likeness (QED) is 0.741. The van der Waals surface area contributed by atoms with Gasteiger partial charge in [0, 0.05) is 22.6 Å². The zero-order valence-electron chi connectivity index (χ0n) is 11.4. The number of halogens is 3. The summed E-state index contributed by atoms with van der Waals surface area (Å²) in [6.45, 7) is 0. The number of methoxy groups -OCH3 is 1. The highest BCUT2D eigenvalue weighted by molar-refractivity contribution is 6.05. The summed E-state index contributed by atoms with van der Waals surface area (Å²) in [6, 6.07) is 5.51. The number of aldehydes is 1. The predicted octanol–water partition coefficient (Wildman–Crippen LogP) is 4.07. The summed E-state index contributed by atoms with van der Waals surface area (Å²) in [7, 11) is 1.39. The number of benzene rings is 2. The van der Waals surface area contributed by atoms with Crippen LogP contribution in [0.4, 0.5) is 13.2 Å². The molecule has 0 radical (unpaired) electrons. The van der Waals surface area contributed by atoms with Crippen molar-refractivity contribution in [3.8, 4) is 17.0 Å². The van der Waals surface area contributed by atoms with Crippen LogP contribution in [0.2, 0.25) is 0 Å². The molecule has 6 heteroatoms. The van der Waals surface area contributed by atoms with Crippen LogP contribution in [0.1, 0.15) is 10.4 Å². The first-order valence-electron chi connectivity index (χ1n) is 6.35. The standard InChI is InChI=1S/C16H10F3NO2/c1-22-14-3-2-8(17)4-11(14)15-12(7-21)10-5-9(18)6-13(19)16(10)20-15/h2-7,20H,1H3. The molecular weight excluding hydrogens is 295 g/mol. The highest BCUT2D eigenvalue weighted by Crippen LogP contribution is 2.36. The Kier molecular flexibility index (Phi) is 3.36. The van der Waals surface area contributed by atoms with E-state index < -0.39 is 17.5 Å². The van der Waals surface area contributed by atoms with Crippen molar-refractivity contribution in [3.05, 3.63) is 53.3 Å². The topological polar surface area (TPSA) is 42.1 Å². The van der Waals surface area contributed by atoms with E-state index in [1.54, 1.807) is 0 Å². The number of nitrogens with one attached hydrogen (secondary N) is 1. The molecule has 0 bridgehead atoms. The zero-order valence-corrected chi connectivity index (χ0v) is 11.4. The Morgan fingerprint density at radius 2 is 1.86 bits per heavy atom. The molecule has 0 atom stereocenters. The number of rotatable bonds is 3. The first kappa shape index (κ1) is 14.2. The van der Waals surface area contributed by atoms with Crippen molar-refractivity contribution in [2.24, 2.45) is 0 Å². The van der Waals surface area contributed by atoms with E-state index in [1.165, 1.54) is 19.2 Å². The molecule has 3 rings (SSSR count). The van der Waals surface area contributed by atoms with E-state index in [2.05, 4.69) is 4.98 Å². The third kappa shape index (κ3) is 2.13. The number of carbonyl (C=O) groups excluding carboxylic acids is 1. The lowest BCUT2D eigenvalue weighted by atomic mass is 10.0. The molecule has 3 aromatic rings. The fourth-order valence-corrected chi connectivity index (χ4v) is 2.45. The molecule has 1 N–H and O–H groups in total. The first-order chi connectivity index (χ1) is 10.5. The Hall–Kier alpha value is -2.76.